The molecule has 3 aliphatic heterocycles. The molecule has 2 aromatic rings. The summed E-state index contributed by atoms with van der Waals surface area (Å²) in [5.41, 5.74) is 7.80. The van der Waals surface area contributed by atoms with Crippen LogP contribution < -0.4 is 15.0 Å². The summed E-state index contributed by atoms with van der Waals surface area (Å²) in [6.07, 6.45) is 1.17. The summed E-state index contributed by atoms with van der Waals surface area (Å²) in [6.45, 7) is 5.18. The summed E-state index contributed by atoms with van der Waals surface area (Å²) in [6, 6.07) is 11.5. The minimum absolute atomic E-state index is 0.539. The molecule has 142 valence electrons. The largest absolute Gasteiger partial charge is 0.616 e. The molecule has 2 aromatic carbocycles. The van der Waals surface area contributed by atoms with Gasteiger partial charge in [-0.05, 0) is 77.6 Å². The maximum Gasteiger partial charge on any atom is 0.132 e. The Kier molecular flexibility index (Phi) is 4.34. The van der Waals surface area contributed by atoms with Gasteiger partial charge in [0, 0.05) is 29.8 Å². The van der Waals surface area contributed by atoms with E-state index in [1.165, 1.54) is 39.9 Å². The number of ether oxygens (including phenoxy) is 1. The molecule has 0 bridgehead atoms. The molecular formula is C22H26N2O2S. The molecule has 0 spiro atoms. The zero-order valence-corrected chi connectivity index (χ0v) is 16.8. The van der Waals surface area contributed by atoms with Gasteiger partial charge in [0.2, 0.25) is 0 Å². The normalized spacial score (nSPS) is 26.3. The van der Waals surface area contributed by atoms with E-state index < -0.39 is 11.2 Å². The Hall–Kier alpha value is -1.69. The van der Waals surface area contributed by atoms with E-state index in [0.29, 0.717) is 17.7 Å². The van der Waals surface area contributed by atoms with Crippen molar-refractivity contribution in [3.05, 3.63) is 47.0 Å². The number of aryl methyl sites for hydroxylation is 1. The molecular weight excluding hydrogens is 356 g/mol. The fourth-order valence-electron chi connectivity index (χ4n) is 5.13. The molecule has 3 atom stereocenters. The molecule has 1 saturated heterocycles. The standard InChI is InChI=1S/C22H26N2O2S/c1-14-9-17(26-2)3-4-18(14)15-10-16-13-27(25)8-7-24-21-5-6-23-12-20(21)19(11-15)22(16)24/h3-4,9-11,20-21,23H,5-8,12-13H2,1-2H3/t20-,21-,27?/m0/s1. The molecule has 1 unspecified atom stereocenters. The molecule has 4 nitrogen and oxygen atoms in total. The summed E-state index contributed by atoms with van der Waals surface area (Å²) in [4.78, 5) is 2.58. The van der Waals surface area contributed by atoms with Crippen LogP contribution in [0.5, 0.6) is 5.75 Å². The van der Waals surface area contributed by atoms with Crippen LogP contribution in [0.4, 0.5) is 5.69 Å². The SMILES string of the molecule is COc1ccc(-c2cc3c4c(c2)[C@@H]2CNCC[C@@H]2N4CC[S+]([O-])C3)c(C)c1. The lowest BCUT2D eigenvalue weighted by Crippen LogP contribution is -2.45. The number of fused-ring (bicyclic) bond motifs is 3. The van der Waals surface area contributed by atoms with Crippen molar-refractivity contribution >= 4 is 16.9 Å². The van der Waals surface area contributed by atoms with Crippen molar-refractivity contribution in [3.63, 3.8) is 0 Å². The van der Waals surface area contributed by atoms with E-state index in [9.17, 15) is 4.55 Å². The molecule has 5 heteroatoms. The third-order valence-corrected chi connectivity index (χ3v) is 7.64. The second-order valence-electron chi connectivity index (χ2n) is 7.90. The third-order valence-electron chi connectivity index (χ3n) is 6.37. The first-order valence-electron chi connectivity index (χ1n) is 9.80. The van der Waals surface area contributed by atoms with Gasteiger partial charge in [-0.3, -0.25) is 0 Å². The average Bonchev–Trinajstić information content (AvgIpc) is 2.89. The van der Waals surface area contributed by atoms with Gasteiger partial charge in [-0.1, -0.05) is 6.07 Å². The number of hydrogen-bond donors (Lipinski definition) is 1. The predicted octanol–water partition coefficient (Wildman–Crippen LogP) is 3.20. The zero-order chi connectivity index (χ0) is 18.5. The van der Waals surface area contributed by atoms with Crippen LogP contribution in [0, 0.1) is 6.92 Å². The van der Waals surface area contributed by atoms with Crippen molar-refractivity contribution in [3.8, 4) is 16.9 Å². The van der Waals surface area contributed by atoms with Crippen LogP contribution >= 0.6 is 0 Å². The van der Waals surface area contributed by atoms with E-state index in [1.54, 1.807) is 7.11 Å². The Balaban J connectivity index is 1.67. The van der Waals surface area contributed by atoms with Crippen LogP contribution in [0.25, 0.3) is 11.1 Å². The molecule has 0 aliphatic carbocycles. The molecule has 5 rings (SSSR count). The van der Waals surface area contributed by atoms with Crippen molar-refractivity contribution in [2.24, 2.45) is 0 Å². The van der Waals surface area contributed by atoms with Crippen LogP contribution in [0.1, 0.15) is 29.0 Å². The lowest BCUT2D eigenvalue weighted by atomic mass is 9.87. The number of methoxy groups -OCH3 is 1. The quantitative estimate of drug-likeness (QED) is 0.811. The van der Waals surface area contributed by atoms with Gasteiger partial charge in [-0.2, -0.15) is 0 Å². The predicted molar refractivity (Wildman–Crippen MR) is 111 cm³/mol. The number of rotatable bonds is 2. The van der Waals surface area contributed by atoms with Crippen molar-refractivity contribution in [1.82, 2.24) is 5.32 Å². The molecule has 3 aliphatic rings. The van der Waals surface area contributed by atoms with Gasteiger partial charge in [-0.25, -0.2) is 0 Å². The lowest BCUT2D eigenvalue weighted by Gasteiger charge is -2.33. The van der Waals surface area contributed by atoms with Gasteiger partial charge in [0.15, 0.2) is 0 Å². The highest BCUT2D eigenvalue weighted by atomic mass is 32.2. The molecule has 1 fully saturated rings. The number of benzene rings is 2. The minimum Gasteiger partial charge on any atom is -0.616 e. The molecule has 0 aromatic heterocycles. The van der Waals surface area contributed by atoms with E-state index in [4.69, 9.17) is 4.74 Å². The maximum atomic E-state index is 12.5. The summed E-state index contributed by atoms with van der Waals surface area (Å²) in [5, 5.41) is 3.59. The van der Waals surface area contributed by atoms with Crippen LogP contribution in [-0.2, 0) is 16.9 Å². The van der Waals surface area contributed by atoms with Gasteiger partial charge in [0.1, 0.15) is 17.3 Å². The maximum absolute atomic E-state index is 12.5. The van der Waals surface area contributed by atoms with Crippen molar-refractivity contribution in [1.29, 1.82) is 0 Å². The van der Waals surface area contributed by atoms with Crippen molar-refractivity contribution in [2.45, 2.75) is 31.1 Å². The van der Waals surface area contributed by atoms with Gasteiger partial charge < -0.3 is 19.5 Å². The van der Waals surface area contributed by atoms with E-state index in [2.05, 4.69) is 41.4 Å². The number of nitrogens with zero attached hydrogens (tertiary/aromatic N) is 1. The van der Waals surface area contributed by atoms with E-state index in [-0.39, 0.29) is 0 Å². The first-order chi connectivity index (χ1) is 13.2. The third kappa shape index (κ3) is 2.84. The first-order valence-corrected chi connectivity index (χ1v) is 11.3. The summed E-state index contributed by atoms with van der Waals surface area (Å²) >= 11 is -0.779. The van der Waals surface area contributed by atoms with Crippen molar-refractivity contribution < 1.29 is 9.29 Å². The Morgan fingerprint density at radius 1 is 1.26 bits per heavy atom. The second kappa shape index (κ2) is 6.73. The Morgan fingerprint density at radius 3 is 2.96 bits per heavy atom. The highest BCUT2D eigenvalue weighted by Crippen LogP contribution is 2.48. The van der Waals surface area contributed by atoms with Crippen molar-refractivity contribution in [2.75, 3.05) is 37.4 Å². The smallest absolute Gasteiger partial charge is 0.132 e. The zero-order valence-electron chi connectivity index (χ0n) is 16.0. The Bertz CT molecular complexity index is 885. The van der Waals surface area contributed by atoms with E-state index in [0.717, 1.165) is 31.1 Å². The topological polar surface area (TPSA) is 47.6 Å². The minimum atomic E-state index is -0.779. The van der Waals surface area contributed by atoms with Gasteiger partial charge in [0.05, 0.1) is 13.7 Å². The van der Waals surface area contributed by atoms with Crippen LogP contribution in [0.2, 0.25) is 0 Å². The summed E-state index contributed by atoms with van der Waals surface area (Å²) in [7, 11) is 1.71. The molecule has 0 radical (unpaired) electrons. The average molecular weight is 383 g/mol. The number of hydrogen-bond acceptors (Lipinski definition) is 4. The second-order valence-corrected chi connectivity index (χ2v) is 9.48. The molecule has 0 saturated carbocycles. The summed E-state index contributed by atoms with van der Waals surface area (Å²) < 4.78 is 17.9. The first kappa shape index (κ1) is 17.4. The Labute approximate surface area is 164 Å². The molecule has 0 amide bonds. The Morgan fingerprint density at radius 2 is 2.15 bits per heavy atom. The monoisotopic (exact) mass is 382 g/mol. The van der Waals surface area contributed by atoms with Gasteiger partial charge in [-0.15, -0.1) is 0 Å². The molecule has 3 heterocycles. The van der Waals surface area contributed by atoms with Crippen LogP contribution in [0.15, 0.2) is 30.3 Å². The van der Waals surface area contributed by atoms with Gasteiger partial charge in [0.25, 0.3) is 0 Å². The van der Waals surface area contributed by atoms with Gasteiger partial charge >= 0.3 is 0 Å². The lowest BCUT2D eigenvalue weighted by molar-refractivity contribution is 0.406. The number of piperidine rings is 1. The van der Waals surface area contributed by atoms with E-state index >= 15 is 0 Å². The van der Waals surface area contributed by atoms with Crippen LogP contribution in [-0.4, -0.2) is 43.1 Å². The highest BCUT2D eigenvalue weighted by molar-refractivity contribution is 7.90. The fourth-order valence-corrected chi connectivity index (χ4v) is 6.24. The number of nitrogens with one attached hydrogen (secondary N) is 1. The van der Waals surface area contributed by atoms with E-state index in [1.807, 2.05) is 6.07 Å². The number of anilines is 1. The molecule has 27 heavy (non-hydrogen) atoms. The summed E-state index contributed by atoms with van der Waals surface area (Å²) in [5.74, 6) is 2.88. The van der Waals surface area contributed by atoms with Crippen LogP contribution in [0.3, 0.4) is 0 Å². The highest BCUT2D eigenvalue weighted by Gasteiger charge is 2.43. The fraction of sp³-hybridized carbons (Fsp3) is 0.455. The molecule has 1 N–H and O–H groups in total.